The van der Waals surface area contributed by atoms with E-state index in [1.807, 2.05) is 0 Å². The molecule has 1 aromatic heterocycles. The number of pyridine rings is 1. The lowest BCUT2D eigenvalue weighted by atomic mass is 10.2. The Bertz CT molecular complexity index is 490. The van der Waals surface area contributed by atoms with Crippen LogP contribution in [-0.4, -0.2) is 42.6 Å². The summed E-state index contributed by atoms with van der Waals surface area (Å²) in [6.45, 7) is 4.75. The van der Waals surface area contributed by atoms with Gasteiger partial charge in [0.15, 0.2) is 0 Å². The minimum atomic E-state index is -4.41. The number of hydrogen-bond acceptors (Lipinski definition) is 4. The molecule has 0 aliphatic carbocycles. The van der Waals surface area contributed by atoms with E-state index in [1.54, 1.807) is 11.9 Å². The van der Waals surface area contributed by atoms with Crippen molar-refractivity contribution in [3.05, 3.63) is 17.7 Å². The van der Waals surface area contributed by atoms with Gasteiger partial charge in [0, 0.05) is 19.6 Å². The van der Waals surface area contributed by atoms with Crippen molar-refractivity contribution in [3.63, 3.8) is 0 Å². The van der Waals surface area contributed by atoms with Crippen molar-refractivity contribution in [2.75, 3.05) is 37.3 Å². The fraction of sp³-hybridized carbons (Fsp3) is 0.643. The van der Waals surface area contributed by atoms with Crippen LogP contribution in [0.5, 0.6) is 0 Å². The monoisotopic (exact) mass is 302 g/mol. The van der Waals surface area contributed by atoms with Gasteiger partial charge in [0.1, 0.15) is 11.6 Å². The lowest BCUT2D eigenvalue weighted by Gasteiger charge is -2.28. The summed E-state index contributed by atoms with van der Waals surface area (Å²) >= 11 is 0. The molecule has 1 atom stereocenters. The molecule has 2 N–H and O–H groups in total. The van der Waals surface area contributed by atoms with Crippen molar-refractivity contribution in [1.29, 1.82) is 0 Å². The molecule has 1 saturated heterocycles. The minimum absolute atomic E-state index is 0.106. The number of halogens is 3. The average molecular weight is 302 g/mol. The highest BCUT2D eigenvalue weighted by molar-refractivity contribution is 5.49. The second kappa shape index (κ2) is 6.09. The summed E-state index contributed by atoms with van der Waals surface area (Å²) in [5.74, 6) is 0.163. The molecule has 0 amide bonds. The summed E-state index contributed by atoms with van der Waals surface area (Å²) < 4.78 is 38.5. The molecule has 1 aromatic rings. The summed E-state index contributed by atoms with van der Waals surface area (Å²) in [6, 6.07) is 2.28. The molecule has 7 heteroatoms. The highest BCUT2D eigenvalue weighted by Crippen LogP contribution is 2.32. The minimum Gasteiger partial charge on any atom is -0.384 e. The maximum atomic E-state index is 12.8. The quantitative estimate of drug-likeness (QED) is 0.928. The Labute approximate surface area is 122 Å². The summed E-state index contributed by atoms with van der Waals surface area (Å²) in [6.07, 6.45) is -2.22. The number of anilines is 2. The Hall–Kier alpha value is -1.50. The van der Waals surface area contributed by atoms with E-state index in [1.165, 1.54) is 0 Å². The van der Waals surface area contributed by atoms with E-state index in [9.17, 15) is 13.2 Å². The maximum Gasteiger partial charge on any atom is 0.416 e. The van der Waals surface area contributed by atoms with Gasteiger partial charge in [-0.15, -0.1) is 0 Å². The fourth-order valence-corrected chi connectivity index (χ4v) is 2.82. The molecule has 2 rings (SSSR count). The normalized spacial score (nSPS) is 20.0. The largest absolute Gasteiger partial charge is 0.416 e. The second-order valence-electron chi connectivity index (χ2n) is 5.44. The van der Waals surface area contributed by atoms with Crippen LogP contribution in [0.1, 0.15) is 25.3 Å². The van der Waals surface area contributed by atoms with Gasteiger partial charge in [-0.1, -0.05) is 6.92 Å². The highest BCUT2D eigenvalue weighted by atomic mass is 19.4. The molecule has 0 spiro atoms. The van der Waals surface area contributed by atoms with E-state index in [-0.39, 0.29) is 11.6 Å². The second-order valence-corrected chi connectivity index (χ2v) is 5.44. The molecule has 21 heavy (non-hydrogen) atoms. The smallest absolute Gasteiger partial charge is 0.384 e. The zero-order valence-electron chi connectivity index (χ0n) is 12.3. The highest BCUT2D eigenvalue weighted by Gasteiger charge is 2.32. The number of likely N-dealkylation sites (N-methyl/N-ethyl adjacent to an activating group) is 2. The third kappa shape index (κ3) is 3.78. The molecule has 1 unspecified atom stereocenters. The first-order chi connectivity index (χ1) is 9.81. The van der Waals surface area contributed by atoms with Gasteiger partial charge in [-0.25, -0.2) is 4.98 Å². The van der Waals surface area contributed by atoms with Crippen LogP contribution in [0.15, 0.2) is 12.1 Å². The van der Waals surface area contributed by atoms with E-state index in [2.05, 4.69) is 16.8 Å². The van der Waals surface area contributed by atoms with Crippen LogP contribution >= 0.6 is 0 Å². The van der Waals surface area contributed by atoms with Crippen molar-refractivity contribution in [2.45, 2.75) is 32.0 Å². The number of alkyl halides is 3. The van der Waals surface area contributed by atoms with Crippen LogP contribution in [0, 0.1) is 0 Å². The molecule has 118 valence electrons. The fourth-order valence-electron chi connectivity index (χ4n) is 2.82. The van der Waals surface area contributed by atoms with Gasteiger partial charge in [-0.2, -0.15) is 13.2 Å². The van der Waals surface area contributed by atoms with Crippen LogP contribution in [-0.2, 0) is 6.18 Å². The molecule has 0 radical (unpaired) electrons. The van der Waals surface area contributed by atoms with Gasteiger partial charge in [0.2, 0.25) is 0 Å². The van der Waals surface area contributed by atoms with E-state index in [4.69, 9.17) is 5.73 Å². The maximum absolute atomic E-state index is 12.8. The number of rotatable bonds is 4. The predicted octanol–water partition coefficient (Wildman–Crippen LogP) is 2.60. The number of nitrogens with zero attached hydrogens (tertiary/aromatic N) is 3. The summed E-state index contributed by atoms with van der Waals surface area (Å²) in [5.41, 5.74) is 4.75. The first-order valence-electron chi connectivity index (χ1n) is 7.11. The van der Waals surface area contributed by atoms with Crippen LogP contribution in [0.25, 0.3) is 0 Å². The van der Waals surface area contributed by atoms with Crippen LogP contribution in [0.2, 0.25) is 0 Å². The lowest BCUT2D eigenvalue weighted by Crippen LogP contribution is -2.39. The summed E-state index contributed by atoms with van der Waals surface area (Å²) in [7, 11) is 1.76. The van der Waals surface area contributed by atoms with Crippen molar-refractivity contribution in [3.8, 4) is 0 Å². The summed E-state index contributed by atoms with van der Waals surface area (Å²) in [5, 5.41) is 0. The zero-order chi connectivity index (χ0) is 15.6. The molecule has 1 aliphatic heterocycles. The number of likely N-dealkylation sites (tertiary alicyclic amines) is 1. The molecular weight excluding hydrogens is 281 g/mol. The van der Waals surface area contributed by atoms with E-state index < -0.39 is 11.7 Å². The first-order valence-corrected chi connectivity index (χ1v) is 7.11. The van der Waals surface area contributed by atoms with Gasteiger partial charge >= 0.3 is 6.18 Å². The Morgan fingerprint density at radius 3 is 2.76 bits per heavy atom. The van der Waals surface area contributed by atoms with E-state index in [0.29, 0.717) is 12.6 Å². The Morgan fingerprint density at radius 1 is 1.43 bits per heavy atom. The number of nitrogens with two attached hydrogens (primary N) is 1. The standard InChI is InChI=1S/C14H21F3N4/c1-3-21-6-4-5-11(21)9-20(2)13-8-10(14(15,16)17)7-12(18)19-13/h7-8,11H,3-6,9H2,1-2H3,(H2,18,19). The number of aromatic nitrogens is 1. The summed E-state index contributed by atoms with van der Waals surface area (Å²) in [4.78, 5) is 8.12. The SMILES string of the molecule is CCN1CCCC1CN(C)c1cc(C(F)(F)F)cc(N)n1. The van der Waals surface area contributed by atoms with Gasteiger partial charge in [-0.3, -0.25) is 4.90 Å². The topological polar surface area (TPSA) is 45.4 Å². The molecule has 0 bridgehead atoms. The third-order valence-corrected chi connectivity index (χ3v) is 3.94. The number of hydrogen-bond donors (Lipinski definition) is 1. The van der Waals surface area contributed by atoms with Crippen molar-refractivity contribution >= 4 is 11.6 Å². The molecule has 0 saturated carbocycles. The third-order valence-electron chi connectivity index (χ3n) is 3.94. The van der Waals surface area contributed by atoms with Crippen LogP contribution < -0.4 is 10.6 Å². The van der Waals surface area contributed by atoms with Crippen molar-refractivity contribution < 1.29 is 13.2 Å². The first kappa shape index (κ1) is 15.9. The zero-order valence-corrected chi connectivity index (χ0v) is 12.3. The molecule has 1 fully saturated rings. The molecule has 0 aromatic carbocycles. The molecular formula is C14H21F3N4. The van der Waals surface area contributed by atoms with Gasteiger partial charge in [0.25, 0.3) is 0 Å². The Morgan fingerprint density at radius 2 is 2.14 bits per heavy atom. The Kier molecular flexibility index (Phi) is 4.61. The van der Waals surface area contributed by atoms with Gasteiger partial charge in [-0.05, 0) is 38.1 Å². The number of nitrogen functional groups attached to an aromatic ring is 1. The van der Waals surface area contributed by atoms with Crippen LogP contribution in [0.4, 0.5) is 24.8 Å². The van der Waals surface area contributed by atoms with Crippen molar-refractivity contribution in [1.82, 2.24) is 9.88 Å². The van der Waals surface area contributed by atoms with Crippen molar-refractivity contribution in [2.24, 2.45) is 0 Å². The molecule has 1 aliphatic rings. The molecule has 2 heterocycles. The van der Waals surface area contributed by atoms with Gasteiger partial charge < -0.3 is 10.6 Å². The lowest BCUT2D eigenvalue weighted by molar-refractivity contribution is -0.137. The Balaban J connectivity index is 2.15. The molecule has 4 nitrogen and oxygen atoms in total. The van der Waals surface area contributed by atoms with E-state index >= 15 is 0 Å². The van der Waals surface area contributed by atoms with Gasteiger partial charge in [0.05, 0.1) is 5.56 Å². The van der Waals surface area contributed by atoms with Crippen LogP contribution in [0.3, 0.4) is 0 Å². The predicted molar refractivity (Wildman–Crippen MR) is 77.2 cm³/mol. The van der Waals surface area contributed by atoms with E-state index in [0.717, 1.165) is 38.1 Å². The average Bonchev–Trinajstić information content (AvgIpc) is 2.84.